The van der Waals surface area contributed by atoms with E-state index in [9.17, 15) is 4.79 Å². The Hall–Kier alpha value is -1.92. The number of amides is 1. The van der Waals surface area contributed by atoms with Crippen molar-refractivity contribution >= 4 is 22.9 Å². The normalized spacial score (nSPS) is 12.2. The van der Waals surface area contributed by atoms with Crippen molar-refractivity contribution < 1.29 is 9.90 Å². The summed E-state index contributed by atoms with van der Waals surface area (Å²) in [5.41, 5.74) is 2.54. The fraction of sp³-hybridized carbons (Fsp3) is 0.412. The van der Waals surface area contributed by atoms with Crippen LogP contribution in [0.15, 0.2) is 29.6 Å². The number of carbonyl (C=O) groups excluding carboxylic acids is 1. The van der Waals surface area contributed by atoms with Gasteiger partial charge in [-0.25, -0.2) is 4.98 Å². The average Bonchev–Trinajstić information content (AvgIpc) is 3.02. The van der Waals surface area contributed by atoms with Crippen LogP contribution in [0.2, 0.25) is 0 Å². The fourth-order valence-corrected chi connectivity index (χ4v) is 2.79. The highest BCUT2D eigenvalue weighted by Gasteiger charge is 2.09. The maximum atomic E-state index is 11.9. The zero-order valence-corrected chi connectivity index (χ0v) is 14.5. The molecule has 0 saturated carbocycles. The predicted molar refractivity (Wildman–Crippen MR) is 94.0 cm³/mol. The summed E-state index contributed by atoms with van der Waals surface area (Å²) >= 11 is 1.68. The van der Waals surface area contributed by atoms with Crippen LogP contribution in [0, 0.1) is 0 Å². The third kappa shape index (κ3) is 5.04. The first-order valence-electron chi connectivity index (χ1n) is 7.69. The molecule has 0 aliphatic heterocycles. The van der Waals surface area contributed by atoms with E-state index >= 15 is 0 Å². The van der Waals surface area contributed by atoms with Crippen LogP contribution in [0.4, 0.5) is 5.69 Å². The van der Waals surface area contributed by atoms with Gasteiger partial charge in [-0.3, -0.25) is 4.79 Å². The molecule has 5 nitrogen and oxygen atoms in total. The van der Waals surface area contributed by atoms with Gasteiger partial charge in [0.2, 0.25) is 0 Å². The van der Waals surface area contributed by atoms with Gasteiger partial charge in [0, 0.05) is 28.6 Å². The summed E-state index contributed by atoms with van der Waals surface area (Å²) in [7, 11) is 0. The molecule has 0 spiro atoms. The molecule has 1 atom stereocenters. The molecular weight excluding hydrogens is 310 g/mol. The molecule has 2 rings (SSSR count). The highest BCUT2D eigenvalue weighted by molar-refractivity contribution is 7.09. The average molecular weight is 333 g/mol. The molecule has 1 unspecified atom stereocenters. The Bertz CT molecular complexity index is 638. The molecule has 0 bridgehead atoms. The number of aliphatic hydroxyl groups is 1. The van der Waals surface area contributed by atoms with Crippen molar-refractivity contribution in [3.05, 3.63) is 45.9 Å². The monoisotopic (exact) mass is 333 g/mol. The summed E-state index contributed by atoms with van der Waals surface area (Å²) in [5, 5.41) is 18.2. The lowest BCUT2D eigenvalue weighted by Crippen LogP contribution is -2.34. The molecule has 1 amide bonds. The lowest BCUT2D eigenvalue weighted by atomic mass is 10.2. The number of thiazole rings is 1. The minimum absolute atomic E-state index is 0.0720. The van der Waals surface area contributed by atoms with E-state index in [0.29, 0.717) is 18.0 Å². The molecular formula is C17H23N3O2S. The Balaban J connectivity index is 1.90. The van der Waals surface area contributed by atoms with Crippen LogP contribution < -0.4 is 10.6 Å². The van der Waals surface area contributed by atoms with Crippen molar-refractivity contribution in [1.82, 2.24) is 10.3 Å². The van der Waals surface area contributed by atoms with Crippen molar-refractivity contribution in [1.29, 1.82) is 0 Å². The molecule has 0 aliphatic rings. The Morgan fingerprint density at radius 3 is 2.52 bits per heavy atom. The zero-order chi connectivity index (χ0) is 16.8. The molecule has 1 heterocycles. The summed E-state index contributed by atoms with van der Waals surface area (Å²) in [6.45, 7) is 6.62. The van der Waals surface area contributed by atoms with Gasteiger partial charge in [-0.15, -0.1) is 11.3 Å². The number of hydrogen-bond donors (Lipinski definition) is 3. The van der Waals surface area contributed by atoms with E-state index in [1.807, 2.05) is 12.1 Å². The van der Waals surface area contributed by atoms with Crippen LogP contribution in [0.5, 0.6) is 0 Å². The van der Waals surface area contributed by atoms with Crippen LogP contribution in [-0.4, -0.2) is 28.6 Å². The molecule has 2 aromatic rings. The first-order chi connectivity index (χ1) is 11.0. The van der Waals surface area contributed by atoms with Crippen molar-refractivity contribution in [2.75, 3.05) is 11.9 Å². The Kier molecular flexibility index (Phi) is 6.12. The number of nitrogens with one attached hydrogen (secondary N) is 2. The van der Waals surface area contributed by atoms with E-state index < -0.39 is 0 Å². The summed E-state index contributed by atoms with van der Waals surface area (Å²) < 4.78 is 0. The SMILES string of the molecule is CC(CO)NC(=O)c1ccc(NCc2csc(C(C)C)n2)cc1. The van der Waals surface area contributed by atoms with Gasteiger partial charge in [0.25, 0.3) is 5.91 Å². The van der Waals surface area contributed by atoms with Crippen molar-refractivity contribution in [2.45, 2.75) is 39.3 Å². The quantitative estimate of drug-likeness (QED) is 0.728. The van der Waals surface area contributed by atoms with Gasteiger partial charge in [-0.1, -0.05) is 13.8 Å². The van der Waals surface area contributed by atoms with E-state index in [-0.39, 0.29) is 18.6 Å². The molecule has 23 heavy (non-hydrogen) atoms. The Morgan fingerprint density at radius 2 is 1.96 bits per heavy atom. The second-order valence-electron chi connectivity index (χ2n) is 5.82. The molecule has 0 fully saturated rings. The second kappa shape index (κ2) is 8.08. The predicted octanol–water partition coefficient (Wildman–Crippen LogP) is 2.99. The molecule has 0 radical (unpaired) electrons. The first-order valence-corrected chi connectivity index (χ1v) is 8.57. The number of carbonyl (C=O) groups is 1. The number of hydrogen-bond acceptors (Lipinski definition) is 5. The van der Waals surface area contributed by atoms with E-state index in [1.165, 1.54) is 0 Å². The Labute approximate surface area is 140 Å². The number of aliphatic hydroxyl groups excluding tert-OH is 1. The number of aromatic nitrogens is 1. The van der Waals surface area contributed by atoms with Crippen molar-refractivity contribution in [3.8, 4) is 0 Å². The third-order valence-corrected chi connectivity index (χ3v) is 4.53. The summed E-state index contributed by atoms with van der Waals surface area (Å²) in [6.07, 6.45) is 0. The van der Waals surface area contributed by atoms with Gasteiger partial charge >= 0.3 is 0 Å². The van der Waals surface area contributed by atoms with E-state index in [0.717, 1.165) is 16.4 Å². The number of rotatable bonds is 7. The molecule has 3 N–H and O–H groups in total. The molecule has 0 saturated heterocycles. The second-order valence-corrected chi connectivity index (χ2v) is 6.71. The standard InChI is InChI=1S/C17H23N3O2S/c1-11(2)17-20-15(10-23-17)8-18-14-6-4-13(5-7-14)16(22)19-12(3)9-21/h4-7,10-12,18,21H,8-9H2,1-3H3,(H,19,22). The lowest BCUT2D eigenvalue weighted by molar-refractivity contribution is 0.0922. The van der Waals surface area contributed by atoms with Crippen LogP contribution in [-0.2, 0) is 6.54 Å². The molecule has 0 aliphatic carbocycles. The van der Waals surface area contributed by atoms with Crippen LogP contribution >= 0.6 is 11.3 Å². The van der Waals surface area contributed by atoms with Gasteiger partial charge in [0.1, 0.15) is 0 Å². The summed E-state index contributed by atoms with van der Waals surface area (Å²) in [6, 6.07) is 7.02. The van der Waals surface area contributed by atoms with E-state index in [2.05, 4.69) is 34.8 Å². The molecule has 124 valence electrons. The van der Waals surface area contributed by atoms with Crippen LogP contribution in [0.3, 0.4) is 0 Å². The number of anilines is 1. The smallest absolute Gasteiger partial charge is 0.251 e. The minimum Gasteiger partial charge on any atom is -0.394 e. The summed E-state index contributed by atoms with van der Waals surface area (Å²) in [4.78, 5) is 16.5. The molecule has 1 aromatic carbocycles. The van der Waals surface area contributed by atoms with Crippen molar-refractivity contribution in [3.63, 3.8) is 0 Å². The maximum absolute atomic E-state index is 11.9. The highest BCUT2D eigenvalue weighted by Crippen LogP contribution is 2.20. The van der Waals surface area contributed by atoms with Crippen LogP contribution in [0.1, 0.15) is 47.7 Å². The number of nitrogens with zero attached hydrogens (tertiary/aromatic N) is 1. The van der Waals surface area contributed by atoms with Gasteiger partial charge < -0.3 is 15.7 Å². The zero-order valence-electron chi connectivity index (χ0n) is 13.7. The lowest BCUT2D eigenvalue weighted by Gasteiger charge is -2.11. The molecule has 6 heteroatoms. The minimum atomic E-state index is -0.250. The van der Waals surface area contributed by atoms with Gasteiger partial charge in [-0.2, -0.15) is 0 Å². The summed E-state index contributed by atoms with van der Waals surface area (Å²) in [5.74, 6) is 0.270. The highest BCUT2D eigenvalue weighted by atomic mass is 32.1. The molecule has 1 aromatic heterocycles. The fourth-order valence-electron chi connectivity index (χ4n) is 1.95. The van der Waals surface area contributed by atoms with Crippen molar-refractivity contribution in [2.24, 2.45) is 0 Å². The maximum Gasteiger partial charge on any atom is 0.251 e. The Morgan fingerprint density at radius 1 is 1.26 bits per heavy atom. The topological polar surface area (TPSA) is 74.2 Å². The van der Waals surface area contributed by atoms with E-state index in [4.69, 9.17) is 5.11 Å². The van der Waals surface area contributed by atoms with Crippen LogP contribution in [0.25, 0.3) is 0 Å². The van der Waals surface area contributed by atoms with E-state index in [1.54, 1.807) is 30.4 Å². The van der Waals surface area contributed by atoms with Gasteiger partial charge in [-0.05, 0) is 31.2 Å². The third-order valence-electron chi connectivity index (χ3n) is 3.34. The largest absolute Gasteiger partial charge is 0.394 e. The van der Waals surface area contributed by atoms with Gasteiger partial charge in [0.15, 0.2) is 0 Å². The number of benzene rings is 1. The first kappa shape index (κ1) is 17.4. The van der Waals surface area contributed by atoms with Gasteiger partial charge in [0.05, 0.1) is 23.9 Å².